The average molecular weight is 758 g/mol. The Bertz CT molecular complexity index is 2160. The van der Waals surface area contributed by atoms with Gasteiger partial charge in [-0.15, -0.1) is 21.5 Å². The van der Waals surface area contributed by atoms with Crippen molar-refractivity contribution in [3.05, 3.63) is 95.4 Å². The number of aryl methyl sites for hydroxylation is 1. The molecule has 54 heavy (non-hydrogen) atoms. The lowest BCUT2D eigenvalue weighted by atomic mass is 9.93. The van der Waals surface area contributed by atoms with E-state index in [1.165, 1.54) is 28.2 Å². The number of esters is 2. The van der Waals surface area contributed by atoms with E-state index in [2.05, 4.69) is 30.8 Å². The standard InChI is InChI=1S/C37H36FN7O8S/c1-4-49-35(47)37(36(48)50-5-2,43-41-25-14-15-26-31(17-25)54-21(3)39-26)40-33(46)29-18-28(45-19-27(42-44-45)23-12-9-13-24(38)16-23)32-30(52-29)20-51-34(53-32)22-10-7-6-8-11-22/h6-17,19,28-30,32,34H,4-5,18,20H2,1-3H3,(H,40,46)/b43-41-/t28-,29-,30-,32-,34?/m1/s1. The number of thiazole rings is 1. The van der Waals surface area contributed by atoms with E-state index < -0.39 is 60.0 Å². The number of nitrogens with zero attached hydrogens (tertiary/aromatic N) is 6. The number of benzene rings is 3. The van der Waals surface area contributed by atoms with Crippen molar-refractivity contribution in [3.8, 4) is 11.3 Å². The molecule has 0 bridgehead atoms. The number of amides is 1. The van der Waals surface area contributed by atoms with Crippen LogP contribution in [0.2, 0.25) is 0 Å². The van der Waals surface area contributed by atoms with Crippen LogP contribution in [0.4, 0.5) is 10.1 Å². The van der Waals surface area contributed by atoms with Gasteiger partial charge >= 0.3 is 17.6 Å². The lowest BCUT2D eigenvalue weighted by Gasteiger charge is -2.45. The Kier molecular flexibility index (Phi) is 10.8. The quantitative estimate of drug-likeness (QED) is 0.102. The number of carbonyl (C=O) groups excluding carboxylic acids is 3. The second kappa shape index (κ2) is 15.9. The van der Waals surface area contributed by atoms with E-state index in [4.69, 9.17) is 23.7 Å². The van der Waals surface area contributed by atoms with Crippen LogP contribution in [-0.2, 0) is 38.1 Å². The van der Waals surface area contributed by atoms with E-state index in [9.17, 15) is 18.8 Å². The molecule has 4 heterocycles. The van der Waals surface area contributed by atoms with Gasteiger partial charge in [-0.1, -0.05) is 47.7 Å². The predicted octanol–water partition coefficient (Wildman–Crippen LogP) is 5.54. The number of rotatable bonds is 11. The zero-order valence-corrected chi connectivity index (χ0v) is 30.3. The lowest BCUT2D eigenvalue weighted by molar-refractivity contribution is -0.297. The van der Waals surface area contributed by atoms with Crippen molar-refractivity contribution in [2.45, 2.75) is 63.5 Å². The van der Waals surface area contributed by atoms with Crippen molar-refractivity contribution in [2.75, 3.05) is 19.8 Å². The Morgan fingerprint density at radius 3 is 2.54 bits per heavy atom. The first kappa shape index (κ1) is 36.9. The van der Waals surface area contributed by atoms with Crippen LogP contribution >= 0.6 is 11.3 Å². The van der Waals surface area contributed by atoms with E-state index in [1.807, 2.05) is 37.3 Å². The van der Waals surface area contributed by atoms with Crippen LogP contribution in [0.25, 0.3) is 21.5 Å². The first-order chi connectivity index (χ1) is 26.2. The van der Waals surface area contributed by atoms with Crippen LogP contribution in [-0.4, -0.2) is 81.6 Å². The number of ether oxygens (including phenoxy) is 5. The highest BCUT2D eigenvalue weighted by Gasteiger charge is 2.55. The van der Waals surface area contributed by atoms with Crippen LogP contribution in [0.5, 0.6) is 0 Å². The van der Waals surface area contributed by atoms with Gasteiger partial charge in [-0.25, -0.2) is 23.6 Å². The highest BCUT2D eigenvalue weighted by molar-refractivity contribution is 7.18. The number of nitrogens with one attached hydrogen (secondary N) is 1. The monoisotopic (exact) mass is 757 g/mol. The fourth-order valence-corrected chi connectivity index (χ4v) is 7.16. The van der Waals surface area contributed by atoms with Gasteiger partial charge in [0.15, 0.2) is 6.29 Å². The van der Waals surface area contributed by atoms with Crippen molar-refractivity contribution in [2.24, 2.45) is 10.2 Å². The van der Waals surface area contributed by atoms with Gasteiger partial charge < -0.3 is 29.0 Å². The summed E-state index contributed by atoms with van der Waals surface area (Å²) in [5.74, 6) is -3.73. The molecule has 5 atom stereocenters. The minimum Gasteiger partial charge on any atom is -0.462 e. The van der Waals surface area contributed by atoms with Gasteiger partial charge in [0.2, 0.25) is 0 Å². The molecule has 0 radical (unpaired) electrons. The van der Waals surface area contributed by atoms with Gasteiger partial charge in [-0.3, -0.25) is 4.79 Å². The lowest BCUT2D eigenvalue weighted by Crippen LogP contribution is -2.64. The molecule has 0 aliphatic carbocycles. The third-order valence-electron chi connectivity index (χ3n) is 8.81. The largest absolute Gasteiger partial charge is 0.462 e. The first-order valence-electron chi connectivity index (χ1n) is 17.3. The molecule has 1 N–H and O–H groups in total. The number of fused-ring (bicyclic) bond motifs is 2. The smallest absolute Gasteiger partial charge is 0.369 e. The van der Waals surface area contributed by atoms with Gasteiger partial charge in [0.25, 0.3) is 5.91 Å². The molecule has 15 nitrogen and oxygen atoms in total. The maximum absolute atomic E-state index is 14.3. The summed E-state index contributed by atoms with van der Waals surface area (Å²) in [6, 6.07) is 19.6. The Hall–Kier alpha value is -5.49. The van der Waals surface area contributed by atoms with Crippen molar-refractivity contribution < 1.29 is 42.5 Å². The second-order valence-corrected chi connectivity index (χ2v) is 13.7. The van der Waals surface area contributed by atoms with Gasteiger partial charge in [0.1, 0.15) is 29.8 Å². The van der Waals surface area contributed by atoms with Gasteiger partial charge in [0, 0.05) is 17.5 Å². The molecule has 280 valence electrons. The number of hydrogen-bond donors (Lipinski definition) is 1. The molecular formula is C37H36FN7O8S. The summed E-state index contributed by atoms with van der Waals surface area (Å²) in [7, 11) is 0. The van der Waals surface area contributed by atoms with Crippen LogP contribution in [0.1, 0.15) is 43.2 Å². The topological polar surface area (TPSA) is 178 Å². The van der Waals surface area contributed by atoms with Crippen molar-refractivity contribution >= 4 is 45.1 Å². The third kappa shape index (κ3) is 7.61. The fourth-order valence-electron chi connectivity index (χ4n) is 6.30. The summed E-state index contributed by atoms with van der Waals surface area (Å²) in [5.41, 5.74) is -0.0287. The SMILES string of the molecule is CCOC(=O)C(/N=N\c1ccc2nc(C)sc2c1)(NC(=O)[C@H]1C[C@@H](n2cc(-c3cccc(F)c3)nn2)[C@H]2OC(c3ccccc3)OC[C@H]2O1)C(=O)OCC. The maximum atomic E-state index is 14.3. The molecule has 17 heteroatoms. The number of aromatic nitrogens is 4. The highest BCUT2D eigenvalue weighted by Crippen LogP contribution is 2.39. The number of halogens is 1. The van der Waals surface area contributed by atoms with E-state index in [0.717, 1.165) is 20.8 Å². The molecule has 2 aromatic heterocycles. The van der Waals surface area contributed by atoms with E-state index in [-0.39, 0.29) is 26.2 Å². The third-order valence-corrected chi connectivity index (χ3v) is 9.74. The van der Waals surface area contributed by atoms with Crippen molar-refractivity contribution in [3.63, 3.8) is 0 Å². The van der Waals surface area contributed by atoms with Crippen molar-refractivity contribution in [1.29, 1.82) is 0 Å². The molecule has 2 aliphatic heterocycles. The minimum absolute atomic E-state index is 0.0239. The molecule has 0 spiro atoms. The van der Waals surface area contributed by atoms with Gasteiger partial charge in [-0.2, -0.15) is 5.11 Å². The molecule has 5 aromatic rings. The Morgan fingerprint density at radius 2 is 1.80 bits per heavy atom. The maximum Gasteiger partial charge on any atom is 0.369 e. The Morgan fingerprint density at radius 1 is 1.02 bits per heavy atom. The van der Waals surface area contributed by atoms with Crippen LogP contribution in [0.15, 0.2) is 89.2 Å². The fraction of sp³-hybridized carbons (Fsp3) is 0.351. The number of carbonyl (C=O) groups is 3. The second-order valence-electron chi connectivity index (χ2n) is 12.5. The summed E-state index contributed by atoms with van der Waals surface area (Å²) in [4.78, 5) is 46.0. The summed E-state index contributed by atoms with van der Waals surface area (Å²) in [5, 5.41) is 20.3. The molecule has 2 aliphatic rings. The van der Waals surface area contributed by atoms with Crippen molar-refractivity contribution in [1.82, 2.24) is 25.3 Å². The molecule has 1 unspecified atom stereocenters. The van der Waals surface area contributed by atoms with E-state index in [1.54, 1.807) is 50.4 Å². The van der Waals surface area contributed by atoms with Crippen LogP contribution in [0.3, 0.4) is 0 Å². The number of azo groups is 1. The molecule has 0 saturated carbocycles. The minimum atomic E-state index is -2.73. The zero-order valence-electron chi connectivity index (χ0n) is 29.5. The van der Waals surface area contributed by atoms with E-state index >= 15 is 0 Å². The average Bonchev–Trinajstić information content (AvgIpc) is 3.82. The first-order valence-corrected chi connectivity index (χ1v) is 18.1. The summed E-state index contributed by atoms with van der Waals surface area (Å²) in [6.07, 6.45) is -1.97. The molecule has 3 aromatic carbocycles. The highest BCUT2D eigenvalue weighted by atomic mass is 32.1. The predicted molar refractivity (Wildman–Crippen MR) is 191 cm³/mol. The van der Waals surface area contributed by atoms with E-state index in [0.29, 0.717) is 16.9 Å². The molecule has 2 saturated heterocycles. The normalized spacial score (nSPS) is 21.4. The molecular weight excluding hydrogens is 722 g/mol. The van der Waals surface area contributed by atoms with Gasteiger partial charge in [0.05, 0.1) is 53.0 Å². The Balaban J connectivity index is 1.21. The Labute approximate surface area is 312 Å². The summed E-state index contributed by atoms with van der Waals surface area (Å²) >= 11 is 1.43. The molecule has 7 rings (SSSR count). The number of hydrogen-bond acceptors (Lipinski definition) is 14. The molecule has 2 fully saturated rings. The van der Waals surface area contributed by atoms with Crippen LogP contribution < -0.4 is 5.32 Å². The summed E-state index contributed by atoms with van der Waals surface area (Å²) < 4.78 is 45.8. The molecule has 1 amide bonds. The van der Waals surface area contributed by atoms with Crippen LogP contribution in [0, 0.1) is 12.7 Å². The summed E-state index contributed by atoms with van der Waals surface area (Å²) in [6.45, 7) is 4.71. The van der Waals surface area contributed by atoms with Gasteiger partial charge in [-0.05, 0) is 51.1 Å². The zero-order chi connectivity index (χ0) is 37.8.